The van der Waals surface area contributed by atoms with E-state index in [1.54, 1.807) is 48.1 Å². The molecule has 0 atom stereocenters. The Labute approximate surface area is 169 Å². The van der Waals surface area contributed by atoms with E-state index in [0.29, 0.717) is 17.5 Å². The minimum Gasteiger partial charge on any atom is -0.340 e. The molecule has 1 aliphatic heterocycles. The zero-order valence-corrected chi connectivity index (χ0v) is 16.7. The van der Waals surface area contributed by atoms with Gasteiger partial charge in [-0.1, -0.05) is 0 Å². The Bertz CT molecular complexity index is 1080. The zero-order valence-electron chi connectivity index (χ0n) is 15.9. The SMILES string of the molecule is Cn1cnc(S(=O)(=O)Nc2ccc(Nc3ccnc(N4CCNCC4)n3)cc2)c1. The minimum absolute atomic E-state index is 0.0244. The van der Waals surface area contributed by atoms with E-state index in [9.17, 15) is 8.42 Å². The van der Waals surface area contributed by atoms with E-state index in [1.165, 1.54) is 12.5 Å². The van der Waals surface area contributed by atoms with Crippen LogP contribution in [0.25, 0.3) is 0 Å². The van der Waals surface area contributed by atoms with E-state index < -0.39 is 10.0 Å². The standard InChI is InChI=1S/C18H22N8O2S/c1-25-12-17(21-13-25)29(27,28)24-15-4-2-14(3-5-15)22-16-6-7-20-18(23-16)26-10-8-19-9-11-26/h2-7,12-13,19,24H,8-11H2,1H3,(H,20,22,23). The average molecular weight is 414 g/mol. The van der Waals surface area contributed by atoms with Crippen LogP contribution in [0.1, 0.15) is 0 Å². The van der Waals surface area contributed by atoms with Gasteiger partial charge in [0.2, 0.25) is 5.95 Å². The van der Waals surface area contributed by atoms with Gasteiger partial charge in [0.1, 0.15) is 5.82 Å². The minimum atomic E-state index is -3.72. The summed E-state index contributed by atoms with van der Waals surface area (Å²) in [4.78, 5) is 14.9. The molecule has 0 spiro atoms. The molecule has 3 heterocycles. The van der Waals surface area contributed by atoms with Crippen molar-refractivity contribution in [3.05, 3.63) is 49.1 Å². The third-order valence-corrected chi connectivity index (χ3v) is 5.67. The van der Waals surface area contributed by atoms with Gasteiger partial charge in [0.05, 0.1) is 6.33 Å². The Kier molecular flexibility index (Phi) is 5.32. The molecule has 1 aliphatic rings. The lowest BCUT2D eigenvalue weighted by molar-refractivity contribution is 0.580. The fourth-order valence-electron chi connectivity index (χ4n) is 2.94. The van der Waals surface area contributed by atoms with Crippen molar-refractivity contribution >= 4 is 33.2 Å². The van der Waals surface area contributed by atoms with Crippen LogP contribution >= 0.6 is 0 Å². The van der Waals surface area contributed by atoms with Gasteiger partial charge in [-0.2, -0.15) is 13.4 Å². The predicted molar refractivity (Wildman–Crippen MR) is 111 cm³/mol. The van der Waals surface area contributed by atoms with Gasteiger partial charge >= 0.3 is 0 Å². The van der Waals surface area contributed by atoms with Gasteiger partial charge in [0, 0.05) is 57.0 Å². The normalized spacial score (nSPS) is 14.6. The second-order valence-electron chi connectivity index (χ2n) is 6.66. The largest absolute Gasteiger partial charge is 0.340 e. The van der Waals surface area contributed by atoms with Crippen molar-refractivity contribution in [1.82, 2.24) is 24.8 Å². The van der Waals surface area contributed by atoms with Crippen molar-refractivity contribution in [2.24, 2.45) is 7.05 Å². The summed E-state index contributed by atoms with van der Waals surface area (Å²) in [6.45, 7) is 3.57. The highest BCUT2D eigenvalue weighted by Gasteiger charge is 2.17. The quantitative estimate of drug-likeness (QED) is 0.550. The van der Waals surface area contributed by atoms with Crippen LogP contribution in [0, 0.1) is 0 Å². The molecule has 2 aromatic heterocycles. The molecule has 1 aromatic carbocycles. The molecule has 0 radical (unpaired) electrons. The Morgan fingerprint density at radius 2 is 1.76 bits per heavy atom. The van der Waals surface area contributed by atoms with Crippen LogP contribution < -0.4 is 20.3 Å². The Hall–Kier alpha value is -3.18. The van der Waals surface area contributed by atoms with Crippen molar-refractivity contribution in [2.45, 2.75) is 5.03 Å². The number of aromatic nitrogens is 4. The van der Waals surface area contributed by atoms with E-state index in [-0.39, 0.29) is 5.03 Å². The first-order chi connectivity index (χ1) is 14.0. The lowest BCUT2D eigenvalue weighted by atomic mass is 10.3. The zero-order chi connectivity index (χ0) is 20.3. The number of nitrogens with zero attached hydrogens (tertiary/aromatic N) is 5. The number of hydrogen-bond donors (Lipinski definition) is 3. The summed E-state index contributed by atoms with van der Waals surface area (Å²) in [6.07, 6.45) is 4.61. The third kappa shape index (κ3) is 4.63. The van der Waals surface area contributed by atoms with Crippen molar-refractivity contribution in [3.8, 4) is 0 Å². The fourth-order valence-corrected chi connectivity index (χ4v) is 3.98. The number of benzene rings is 1. The number of sulfonamides is 1. The molecule has 11 heteroatoms. The van der Waals surface area contributed by atoms with Crippen LogP contribution in [-0.2, 0) is 17.1 Å². The van der Waals surface area contributed by atoms with Gasteiger partial charge in [-0.25, -0.2) is 9.97 Å². The van der Waals surface area contributed by atoms with Crippen molar-refractivity contribution < 1.29 is 8.42 Å². The average Bonchev–Trinajstić information content (AvgIpc) is 3.18. The number of aryl methyl sites for hydroxylation is 1. The molecule has 4 rings (SSSR count). The maximum Gasteiger partial charge on any atom is 0.280 e. The fraction of sp³-hybridized carbons (Fsp3) is 0.278. The first kappa shape index (κ1) is 19.2. The molecule has 0 bridgehead atoms. The van der Waals surface area contributed by atoms with Crippen LogP contribution in [0.3, 0.4) is 0 Å². The Morgan fingerprint density at radius 3 is 2.45 bits per heavy atom. The molecule has 0 aliphatic carbocycles. The predicted octanol–water partition coefficient (Wildman–Crippen LogP) is 1.16. The molecule has 29 heavy (non-hydrogen) atoms. The molecule has 3 N–H and O–H groups in total. The highest BCUT2D eigenvalue weighted by molar-refractivity contribution is 7.92. The van der Waals surface area contributed by atoms with Crippen molar-refractivity contribution in [1.29, 1.82) is 0 Å². The van der Waals surface area contributed by atoms with Crippen molar-refractivity contribution in [2.75, 3.05) is 41.1 Å². The Morgan fingerprint density at radius 1 is 1.03 bits per heavy atom. The van der Waals surface area contributed by atoms with Crippen LogP contribution in [0.4, 0.5) is 23.1 Å². The number of anilines is 4. The molecule has 0 amide bonds. The Balaban J connectivity index is 1.43. The van der Waals surface area contributed by atoms with E-state index in [2.05, 4.69) is 35.2 Å². The third-order valence-electron chi connectivity index (χ3n) is 4.41. The number of imidazole rings is 1. The molecule has 0 unspecified atom stereocenters. The molecule has 1 fully saturated rings. The first-order valence-corrected chi connectivity index (χ1v) is 10.6. The molecule has 3 aromatic rings. The van der Waals surface area contributed by atoms with Gasteiger partial charge in [-0.3, -0.25) is 4.72 Å². The topological polar surface area (TPSA) is 117 Å². The first-order valence-electron chi connectivity index (χ1n) is 9.16. The molecule has 152 valence electrons. The second kappa shape index (κ2) is 8.05. The van der Waals surface area contributed by atoms with E-state index in [1.807, 2.05) is 0 Å². The number of nitrogens with one attached hydrogen (secondary N) is 3. The number of rotatable bonds is 6. The summed E-state index contributed by atoms with van der Waals surface area (Å²) in [7, 11) is -2.00. The molecule has 1 saturated heterocycles. The maximum atomic E-state index is 12.4. The van der Waals surface area contributed by atoms with Gasteiger partial charge in [0.15, 0.2) is 5.03 Å². The summed E-state index contributed by atoms with van der Waals surface area (Å²) in [6, 6.07) is 8.72. The van der Waals surface area contributed by atoms with Gasteiger partial charge < -0.3 is 20.1 Å². The number of piperazine rings is 1. The highest BCUT2D eigenvalue weighted by atomic mass is 32.2. The van der Waals surface area contributed by atoms with Crippen molar-refractivity contribution in [3.63, 3.8) is 0 Å². The maximum absolute atomic E-state index is 12.4. The molecule has 0 saturated carbocycles. The van der Waals surface area contributed by atoms with Crippen LogP contribution in [0.2, 0.25) is 0 Å². The van der Waals surface area contributed by atoms with Gasteiger partial charge in [-0.15, -0.1) is 0 Å². The molecular formula is C18H22N8O2S. The summed E-state index contributed by atoms with van der Waals surface area (Å²) in [5, 5.41) is 6.50. The van der Waals surface area contributed by atoms with Gasteiger partial charge in [0.25, 0.3) is 10.0 Å². The lowest BCUT2D eigenvalue weighted by Gasteiger charge is -2.27. The van der Waals surface area contributed by atoms with E-state index >= 15 is 0 Å². The summed E-state index contributed by atoms with van der Waals surface area (Å²) in [5.74, 6) is 1.37. The smallest absolute Gasteiger partial charge is 0.280 e. The van der Waals surface area contributed by atoms with E-state index in [4.69, 9.17) is 0 Å². The lowest BCUT2D eigenvalue weighted by Crippen LogP contribution is -2.44. The monoisotopic (exact) mass is 414 g/mol. The van der Waals surface area contributed by atoms with Crippen LogP contribution in [0.15, 0.2) is 54.1 Å². The molecular weight excluding hydrogens is 392 g/mol. The summed E-state index contributed by atoms with van der Waals surface area (Å²) in [5.41, 5.74) is 1.24. The highest BCUT2D eigenvalue weighted by Crippen LogP contribution is 2.21. The van der Waals surface area contributed by atoms with Crippen LogP contribution in [-0.4, -0.2) is 54.1 Å². The summed E-state index contributed by atoms with van der Waals surface area (Å²) < 4.78 is 28.8. The summed E-state index contributed by atoms with van der Waals surface area (Å²) >= 11 is 0. The second-order valence-corrected chi connectivity index (χ2v) is 8.29. The number of hydrogen-bond acceptors (Lipinski definition) is 8. The van der Waals surface area contributed by atoms with Crippen LogP contribution in [0.5, 0.6) is 0 Å². The molecule has 10 nitrogen and oxygen atoms in total. The van der Waals surface area contributed by atoms with Gasteiger partial charge in [-0.05, 0) is 30.3 Å². The van der Waals surface area contributed by atoms with E-state index in [0.717, 1.165) is 31.9 Å².